The fourth-order valence-electron chi connectivity index (χ4n) is 2.67. The van der Waals surface area contributed by atoms with Crippen molar-refractivity contribution in [2.24, 2.45) is 0 Å². The molecular formula is C22H20BrNO6. The molecule has 0 aliphatic carbocycles. The van der Waals surface area contributed by atoms with Crippen LogP contribution in [0, 0.1) is 6.92 Å². The van der Waals surface area contributed by atoms with Gasteiger partial charge in [0.2, 0.25) is 0 Å². The summed E-state index contributed by atoms with van der Waals surface area (Å²) in [6, 6.07) is 11.4. The van der Waals surface area contributed by atoms with E-state index in [0.717, 1.165) is 10.0 Å². The highest BCUT2D eigenvalue weighted by molar-refractivity contribution is 9.10. The number of benzene rings is 2. The van der Waals surface area contributed by atoms with E-state index in [2.05, 4.69) is 21.2 Å². The third-order valence-corrected chi connectivity index (χ3v) is 4.66. The Morgan fingerprint density at radius 3 is 2.60 bits per heavy atom. The first kappa shape index (κ1) is 21.6. The Bertz CT molecular complexity index is 1170. The standard InChI is InChI=1S/C22H20BrNO6/c1-12(2)24-21(26)16-9-14-5-6-15(10-19(14)30-22(16)27)29-20(25)11-28-18-7-4-13(3)8-17(18)23/h4-10,12H,11H2,1-3H3,(H,24,26). The average molecular weight is 474 g/mol. The van der Waals surface area contributed by atoms with Gasteiger partial charge in [0, 0.05) is 17.5 Å². The minimum Gasteiger partial charge on any atom is -0.481 e. The molecule has 156 valence electrons. The number of aryl methyl sites for hydroxylation is 1. The van der Waals surface area contributed by atoms with Gasteiger partial charge in [-0.15, -0.1) is 0 Å². The molecule has 1 heterocycles. The Kier molecular flexibility index (Phi) is 6.56. The Hall–Kier alpha value is -3.13. The van der Waals surface area contributed by atoms with E-state index in [1.54, 1.807) is 32.0 Å². The number of halogens is 1. The van der Waals surface area contributed by atoms with Crippen LogP contribution in [0.5, 0.6) is 11.5 Å². The van der Waals surface area contributed by atoms with Crippen molar-refractivity contribution >= 4 is 38.8 Å². The van der Waals surface area contributed by atoms with Crippen molar-refractivity contribution in [3.63, 3.8) is 0 Å². The lowest BCUT2D eigenvalue weighted by Gasteiger charge is -2.10. The van der Waals surface area contributed by atoms with Crippen molar-refractivity contribution in [2.75, 3.05) is 6.61 Å². The molecule has 0 radical (unpaired) electrons. The first-order chi connectivity index (χ1) is 14.2. The Balaban J connectivity index is 1.71. The van der Waals surface area contributed by atoms with E-state index in [1.807, 2.05) is 19.1 Å². The average Bonchev–Trinajstić information content (AvgIpc) is 2.66. The molecule has 0 aliphatic rings. The Labute approximate surface area is 181 Å². The monoisotopic (exact) mass is 473 g/mol. The molecule has 0 saturated carbocycles. The molecule has 0 spiro atoms. The van der Waals surface area contributed by atoms with Gasteiger partial charge in [0.1, 0.15) is 22.6 Å². The van der Waals surface area contributed by atoms with Gasteiger partial charge in [0.15, 0.2) is 6.61 Å². The van der Waals surface area contributed by atoms with Crippen molar-refractivity contribution in [1.82, 2.24) is 5.32 Å². The van der Waals surface area contributed by atoms with Gasteiger partial charge in [-0.05, 0) is 72.6 Å². The van der Waals surface area contributed by atoms with Crippen LogP contribution < -0.4 is 20.4 Å². The van der Waals surface area contributed by atoms with Crippen LogP contribution >= 0.6 is 15.9 Å². The number of carbonyl (C=O) groups excluding carboxylic acids is 2. The number of rotatable bonds is 6. The zero-order valence-electron chi connectivity index (χ0n) is 16.7. The Morgan fingerprint density at radius 2 is 1.90 bits per heavy atom. The molecule has 0 fully saturated rings. The van der Waals surface area contributed by atoms with E-state index in [1.165, 1.54) is 12.1 Å². The van der Waals surface area contributed by atoms with E-state index < -0.39 is 17.5 Å². The summed E-state index contributed by atoms with van der Waals surface area (Å²) in [5.41, 5.74) is 0.405. The molecule has 7 nitrogen and oxygen atoms in total. The van der Waals surface area contributed by atoms with Gasteiger partial charge >= 0.3 is 11.6 Å². The summed E-state index contributed by atoms with van der Waals surface area (Å²) in [6.07, 6.45) is 0. The van der Waals surface area contributed by atoms with E-state index >= 15 is 0 Å². The normalized spacial score (nSPS) is 10.8. The van der Waals surface area contributed by atoms with Gasteiger partial charge in [0.25, 0.3) is 5.91 Å². The summed E-state index contributed by atoms with van der Waals surface area (Å²) < 4.78 is 16.7. The second-order valence-electron chi connectivity index (χ2n) is 6.97. The molecule has 0 bridgehead atoms. The molecule has 1 N–H and O–H groups in total. The molecular weight excluding hydrogens is 454 g/mol. The fourth-order valence-corrected chi connectivity index (χ4v) is 3.28. The zero-order valence-corrected chi connectivity index (χ0v) is 18.2. The third-order valence-electron chi connectivity index (χ3n) is 4.04. The SMILES string of the molecule is Cc1ccc(OCC(=O)Oc2ccc3cc(C(=O)NC(C)C)c(=O)oc3c2)c(Br)c1. The van der Waals surface area contributed by atoms with E-state index in [9.17, 15) is 14.4 Å². The quantitative estimate of drug-likeness (QED) is 0.330. The number of amides is 1. The van der Waals surface area contributed by atoms with Crippen LogP contribution in [0.15, 0.2) is 56.1 Å². The topological polar surface area (TPSA) is 94.8 Å². The largest absolute Gasteiger partial charge is 0.481 e. The highest BCUT2D eigenvalue weighted by Gasteiger charge is 2.15. The second-order valence-corrected chi connectivity index (χ2v) is 7.83. The van der Waals surface area contributed by atoms with Crippen molar-refractivity contribution in [2.45, 2.75) is 26.8 Å². The first-order valence-corrected chi connectivity index (χ1v) is 10.0. The predicted octanol–water partition coefficient (Wildman–Crippen LogP) is 3.99. The number of fused-ring (bicyclic) bond motifs is 1. The van der Waals surface area contributed by atoms with Crippen LogP contribution in [0.1, 0.15) is 29.8 Å². The summed E-state index contributed by atoms with van der Waals surface area (Å²) >= 11 is 3.38. The number of hydrogen-bond acceptors (Lipinski definition) is 6. The smallest absolute Gasteiger partial charge is 0.349 e. The molecule has 0 atom stereocenters. The molecule has 2 aromatic carbocycles. The van der Waals surface area contributed by atoms with Crippen LogP contribution in [-0.4, -0.2) is 24.5 Å². The molecule has 3 rings (SSSR count). The molecule has 1 amide bonds. The summed E-state index contributed by atoms with van der Waals surface area (Å²) in [5.74, 6) is -0.400. The van der Waals surface area contributed by atoms with Gasteiger partial charge in [-0.25, -0.2) is 9.59 Å². The highest BCUT2D eigenvalue weighted by atomic mass is 79.9. The lowest BCUT2D eigenvalue weighted by atomic mass is 10.1. The third kappa shape index (κ3) is 5.27. The summed E-state index contributed by atoms with van der Waals surface area (Å²) in [4.78, 5) is 36.4. The van der Waals surface area contributed by atoms with Gasteiger partial charge in [-0.1, -0.05) is 6.07 Å². The van der Waals surface area contributed by atoms with Crippen molar-refractivity contribution < 1.29 is 23.5 Å². The summed E-state index contributed by atoms with van der Waals surface area (Å²) in [5, 5.41) is 3.18. The van der Waals surface area contributed by atoms with Gasteiger partial charge in [0.05, 0.1) is 4.47 Å². The molecule has 1 aromatic heterocycles. The van der Waals surface area contributed by atoms with Crippen LogP contribution in [0.3, 0.4) is 0 Å². The highest BCUT2D eigenvalue weighted by Crippen LogP contribution is 2.26. The van der Waals surface area contributed by atoms with Crippen molar-refractivity contribution in [1.29, 1.82) is 0 Å². The maximum absolute atomic E-state index is 12.1. The lowest BCUT2D eigenvalue weighted by molar-refractivity contribution is -0.136. The number of ether oxygens (including phenoxy) is 2. The number of nitrogens with one attached hydrogen (secondary N) is 1. The molecule has 30 heavy (non-hydrogen) atoms. The Morgan fingerprint density at radius 1 is 1.13 bits per heavy atom. The lowest BCUT2D eigenvalue weighted by Crippen LogP contribution is -2.33. The zero-order chi connectivity index (χ0) is 21.8. The molecule has 0 aliphatic heterocycles. The van der Waals surface area contributed by atoms with E-state index in [-0.39, 0.29) is 29.5 Å². The van der Waals surface area contributed by atoms with E-state index in [0.29, 0.717) is 11.1 Å². The maximum atomic E-state index is 12.1. The van der Waals surface area contributed by atoms with Crippen LogP contribution in [0.2, 0.25) is 0 Å². The van der Waals surface area contributed by atoms with E-state index in [4.69, 9.17) is 13.9 Å². The van der Waals surface area contributed by atoms with Crippen molar-refractivity contribution in [3.8, 4) is 11.5 Å². The van der Waals surface area contributed by atoms with Gasteiger partial charge < -0.3 is 19.2 Å². The minimum atomic E-state index is -0.767. The predicted molar refractivity (Wildman–Crippen MR) is 115 cm³/mol. The second kappa shape index (κ2) is 9.13. The fraction of sp³-hybridized carbons (Fsp3) is 0.227. The molecule has 0 saturated heterocycles. The molecule has 8 heteroatoms. The van der Waals surface area contributed by atoms with Crippen LogP contribution in [0.4, 0.5) is 0 Å². The summed E-state index contributed by atoms with van der Waals surface area (Å²) in [7, 11) is 0. The van der Waals surface area contributed by atoms with Crippen molar-refractivity contribution in [3.05, 3.63) is 68.5 Å². The number of carbonyl (C=O) groups is 2. The molecule has 0 unspecified atom stereocenters. The van der Waals surface area contributed by atoms with Crippen LogP contribution in [0.25, 0.3) is 11.0 Å². The van der Waals surface area contributed by atoms with Gasteiger partial charge in [-0.2, -0.15) is 0 Å². The number of hydrogen-bond donors (Lipinski definition) is 1. The number of esters is 1. The maximum Gasteiger partial charge on any atom is 0.349 e. The van der Waals surface area contributed by atoms with Gasteiger partial charge in [-0.3, -0.25) is 4.79 Å². The van der Waals surface area contributed by atoms with Crippen LogP contribution in [-0.2, 0) is 4.79 Å². The molecule has 3 aromatic rings. The first-order valence-electron chi connectivity index (χ1n) is 9.21. The summed E-state index contributed by atoms with van der Waals surface area (Å²) in [6.45, 7) is 5.24. The minimum absolute atomic E-state index is 0.0852.